The Morgan fingerprint density at radius 2 is 1.40 bits per heavy atom. The van der Waals surface area contributed by atoms with Crippen LogP contribution in [-0.2, 0) is 4.79 Å². The lowest BCUT2D eigenvalue weighted by Gasteiger charge is -2.21. The quantitative estimate of drug-likeness (QED) is 0.737. The molecule has 0 fully saturated rings. The van der Waals surface area contributed by atoms with Gasteiger partial charge in [0.05, 0.1) is 5.56 Å². The highest BCUT2D eigenvalue weighted by molar-refractivity contribution is 9.10. The molecule has 0 aliphatic heterocycles. The molecule has 0 saturated carbocycles. The van der Waals surface area contributed by atoms with E-state index in [9.17, 15) is 14.7 Å². The predicted octanol–water partition coefficient (Wildman–Crippen LogP) is 4.61. The van der Waals surface area contributed by atoms with Crippen LogP contribution in [0.1, 0.15) is 22.3 Å². The lowest BCUT2D eigenvalue weighted by atomic mass is 9.92. The molecule has 2 aromatic carbocycles. The first-order valence-electron chi connectivity index (χ1n) is 7.65. The van der Waals surface area contributed by atoms with Gasteiger partial charge in [-0.15, -0.1) is 0 Å². The van der Waals surface area contributed by atoms with Crippen molar-refractivity contribution < 1.29 is 19.8 Å². The highest BCUT2D eigenvalue weighted by atomic mass is 79.9. The Hall–Kier alpha value is -2.66. The summed E-state index contributed by atoms with van der Waals surface area (Å²) in [4.78, 5) is 22.1. The fourth-order valence-corrected chi connectivity index (χ4v) is 2.94. The van der Waals surface area contributed by atoms with Gasteiger partial charge in [0.25, 0.3) is 0 Å². The molecule has 5 heteroatoms. The standard InChI is InChI=1S/C20H15BrO4/c21-20(19(24)25)11-9-16(10-12-20)15-3-1-13(2-4-15)14-5-7-17(8-6-14)18(22)23/h1-11H,12H2,(H,22,23)(H,24,25). The average Bonchev–Trinajstić information content (AvgIpc) is 2.62. The smallest absolute Gasteiger partial charge is 0.335 e. The van der Waals surface area contributed by atoms with E-state index < -0.39 is 16.3 Å². The van der Waals surface area contributed by atoms with E-state index in [4.69, 9.17) is 5.11 Å². The summed E-state index contributed by atoms with van der Waals surface area (Å²) in [6, 6.07) is 14.6. The van der Waals surface area contributed by atoms with Gasteiger partial charge in [-0.05, 0) is 40.8 Å². The topological polar surface area (TPSA) is 74.6 Å². The zero-order valence-electron chi connectivity index (χ0n) is 13.1. The average molecular weight is 399 g/mol. The van der Waals surface area contributed by atoms with Crippen LogP contribution < -0.4 is 0 Å². The number of halogens is 1. The van der Waals surface area contributed by atoms with Gasteiger partial charge in [0.2, 0.25) is 0 Å². The molecule has 3 rings (SSSR count). The summed E-state index contributed by atoms with van der Waals surface area (Å²) < 4.78 is -1.03. The van der Waals surface area contributed by atoms with Crippen LogP contribution in [-0.4, -0.2) is 26.5 Å². The third-order valence-electron chi connectivity index (χ3n) is 4.19. The molecule has 0 aromatic heterocycles. The molecule has 25 heavy (non-hydrogen) atoms. The third-order valence-corrected chi connectivity index (χ3v) is 5.11. The van der Waals surface area contributed by atoms with Gasteiger partial charge >= 0.3 is 11.9 Å². The molecule has 1 aliphatic carbocycles. The van der Waals surface area contributed by atoms with Crippen LogP contribution in [0.2, 0.25) is 0 Å². The van der Waals surface area contributed by atoms with Gasteiger partial charge in [-0.3, -0.25) is 4.79 Å². The molecule has 126 valence electrons. The zero-order chi connectivity index (χ0) is 18.0. The van der Waals surface area contributed by atoms with Gasteiger partial charge < -0.3 is 10.2 Å². The number of hydrogen-bond donors (Lipinski definition) is 2. The highest BCUT2D eigenvalue weighted by Crippen LogP contribution is 2.33. The number of allylic oxidation sites excluding steroid dienone is 3. The van der Waals surface area contributed by atoms with Crippen molar-refractivity contribution >= 4 is 33.4 Å². The van der Waals surface area contributed by atoms with Crippen molar-refractivity contribution in [1.82, 2.24) is 0 Å². The molecule has 0 bridgehead atoms. The Kier molecular flexibility index (Phi) is 4.59. The van der Waals surface area contributed by atoms with E-state index in [2.05, 4.69) is 15.9 Å². The molecule has 0 radical (unpaired) electrons. The fraction of sp³-hybridized carbons (Fsp3) is 0.100. The number of hydrogen-bond acceptors (Lipinski definition) is 2. The maximum atomic E-state index is 11.2. The molecular weight excluding hydrogens is 384 g/mol. The number of carboxylic acids is 2. The van der Waals surface area contributed by atoms with E-state index in [1.807, 2.05) is 36.4 Å². The lowest BCUT2D eigenvalue weighted by molar-refractivity contribution is -0.138. The number of benzene rings is 2. The summed E-state index contributed by atoms with van der Waals surface area (Å²) >= 11 is 3.25. The van der Waals surface area contributed by atoms with Crippen LogP contribution in [0.5, 0.6) is 0 Å². The van der Waals surface area contributed by atoms with E-state index in [0.717, 1.165) is 22.3 Å². The molecule has 0 saturated heterocycles. The predicted molar refractivity (Wildman–Crippen MR) is 99.9 cm³/mol. The maximum absolute atomic E-state index is 11.2. The van der Waals surface area contributed by atoms with Crippen LogP contribution in [0.3, 0.4) is 0 Å². The van der Waals surface area contributed by atoms with E-state index >= 15 is 0 Å². The Morgan fingerprint density at radius 1 is 0.880 bits per heavy atom. The number of rotatable bonds is 4. The molecule has 0 amide bonds. The molecule has 4 nitrogen and oxygen atoms in total. The van der Waals surface area contributed by atoms with E-state index in [0.29, 0.717) is 6.42 Å². The van der Waals surface area contributed by atoms with Crippen molar-refractivity contribution in [1.29, 1.82) is 0 Å². The summed E-state index contributed by atoms with van der Waals surface area (Å²) in [6.45, 7) is 0. The molecular formula is C20H15BrO4. The minimum atomic E-state index is -1.03. The van der Waals surface area contributed by atoms with Gasteiger partial charge in [0.15, 0.2) is 0 Å². The second kappa shape index (κ2) is 6.69. The molecule has 2 aromatic rings. The van der Waals surface area contributed by atoms with Crippen LogP contribution in [0.15, 0.2) is 66.8 Å². The Bertz CT molecular complexity index is 879. The largest absolute Gasteiger partial charge is 0.480 e. The van der Waals surface area contributed by atoms with Gasteiger partial charge in [-0.25, -0.2) is 4.79 Å². The third kappa shape index (κ3) is 3.56. The molecule has 1 atom stereocenters. The molecule has 0 heterocycles. The van der Waals surface area contributed by atoms with Crippen molar-refractivity contribution in [3.63, 3.8) is 0 Å². The highest BCUT2D eigenvalue weighted by Gasteiger charge is 2.33. The molecule has 1 unspecified atom stereocenters. The van der Waals surface area contributed by atoms with Crippen LogP contribution in [0.4, 0.5) is 0 Å². The Labute approximate surface area is 153 Å². The normalized spacial score (nSPS) is 19.3. The Balaban J connectivity index is 1.79. The van der Waals surface area contributed by atoms with Gasteiger partial charge in [-0.2, -0.15) is 0 Å². The van der Waals surface area contributed by atoms with Gasteiger partial charge in [0, 0.05) is 0 Å². The summed E-state index contributed by atoms with van der Waals surface area (Å²) in [5.74, 6) is -1.85. The fourth-order valence-electron chi connectivity index (χ4n) is 2.65. The lowest BCUT2D eigenvalue weighted by Crippen LogP contribution is -2.29. The first-order valence-corrected chi connectivity index (χ1v) is 8.44. The number of carboxylic acid groups (broad SMARTS) is 2. The second-order valence-electron chi connectivity index (χ2n) is 5.82. The number of carbonyl (C=O) groups is 2. The van der Waals surface area contributed by atoms with Crippen molar-refractivity contribution in [3.8, 4) is 11.1 Å². The van der Waals surface area contributed by atoms with Crippen LogP contribution >= 0.6 is 15.9 Å². The van der Waals surface area contributed by atoms with Gasteiger partial charge in [-0.1, -0.05) is 70.6 Å². The summed E-state index contributed by atoms with van der Waals surface area (Å²) in [7, 11) is 0. The van der Waals surface area contributed by atoms with Crippen LogP contribution in [0, 0.1) is 0 Å². The molecule has 1 aliphatic rings. The SMILES string of the molecule is O=C(O)c1ccc(-c2ccc(C3=CCC(Br)(C(=O)O)C=C3)cc2)cc1. The molecule has 0 spiro atoms. The number of aromatic carboxylic acids is 1. The number of alkyl halides is 1. The van der Waals surface area contributed by atoms with Crippen molar-refractivity contribution in [2.24, 2.45) is 0 Å². The van der Waals surface area contributed by atoms with Crippen LogP contribution in [0.25, 0.3) is 16.7 Å². The Morgan fingerprint density at radius 3 is 1.84 bits per heavy atom. The minimum Gasteiger partial charge on any atom is -0.480 e. The second-order valence-corrected chi connectivity index (χ2v) is 7.24. The first kappa shape index (κ1) is 17.2. The maximum Gasteiger partial charge on any atom is 0.335 e. The van der Waals surface area contributed by atoms with Crippen molar-refractivity contribution in [2.45, 2.75) is 10.7 Å². The first-order chi connectivity index (χ1) is 11.9. The summed E-state index contributed by atoms with van der Waals surface area (Å²) in [5, 5.41) is 18.2. The van der Waals surface area contributed by atoms with E-state index in [-0.39, 0.29) is 5.56 Å². The van der Waals surface area contributed by atoms with Crippen molar-refractivity contribution in [2.75, 3.05) is 0 Å². The molecule has 2 N–H and O–H groups in total. The summed E-state index contributed by atoms with van der Waals surface area (Å²) in [6.07, 6.45) is 5.75. The summed E-state index contributed by atoms with van der Waals surface area (Å²) in [5.41, 5.74) is 4.16. The number of aliphatic carboxylic acids is 1. The van der Waals surface area contributed by atoms with E-state index in [1.165, 1.54) is 0 Å². The monoisotopic (exact) mass is 398 g/mol. The van der Waals surface area contributed by atoms with Gasteiger partial charge in [0.1, 0.15) is 4.32 Å². The van der Waals surface area contributed by atoms with Crippen molar-refractivity contribution in [3.05, 3.63) is 77.9 Å². The zero-order valence-corrected chi connectivity index (χ0v) is 14.7. The van der Waals surface area contributed by atoms with E-state index in [1.54, 1.807) is 30.3 Å². The minimum absolute atomic E-state index is 0.259.